The highest BCUT2D eigenvalue weighted by Crippen LogP contribution is 2.31. The summed E-state index contributed by atoms with van der Waals surface area (Å²) in [6.45, 7) is 6.28. The first kappa shape index (κ1) is 19.3. The lowest BCUT2D eigenvalue weighted by Crippen LogP contribution is -1.98. The van der Waals surface area contributed by atoms with Crippen LogP contribution < -0.4 is 14.2 Å². The fourth-order valence-electron chi connectivity index (χ4n) is 2.60. The van der Waals surface area contributed by atoms with Crippen molar-refractivity contribution in [3.05, 3.63) is 71.8 Å². The number of carbonyl (C=O) groups is 1. The quantitative estimate of drug-likeness (QED) is 0.372. The fourth-order valence-corrected chi connectivity index (χ4v) is 2.60. The Labute approximate surface area is 154 Å². The molecule has 0 radical (unpaired) electrons. The van der Waals surface area contributed by atoms with Gasteiger partial charge in [0.2, 0.25) is 0 Å². The van der Waals surface area contributed by atoms with E-state index in [1.54, 1.807) is 50.6 Å². The molecule has 0 bridgehead atoms. The number of rotatable bonds is 9. The topological polar surface area (TPSA) is 44.8 Å². The molecule has 0 aliphatic carbocycles. The number of allylic oxidation sites excluding steroid dienone is 2. The largest absolute Gasteiger partial charge is 0.496 e. The molecule has 0 unspecified atom stereocenters. The second-order valence-electron chi connectivity index (χ2n) is 5.55. The highest BCUT2D eigenvalue weighted by molar-refractivity contribution is 6.06. The van der Waals surface area contributed by atoms with Gasteiger partial charge in [-0.3, -0.25) is 4.79 Å². The molecule has 0 saturated carbocycles. The average Bonchev–Trinajstić information content (AvgIpc) is 2.67. The number of benzene rings is 2. The van der Waals surface area contributed by atoms with Crippen LogP contribution in [0.2, 0.25) is 0 Å². The molecule has 0 aliphatic rings. The number of hydrogen-bond donors (Lipinski definition) is 0. The minimum absolute atomic E-state index is 0.0823. The van der Waals surface area contributed by atoms with E-state index < -0.39 is 0 Å². The number of hydrogen-bond acceptors (Lipinski definition) is 4. The monoisotopic (exact) mass is 352 g/mol. The Bertz CT molecular complexity index is 763. The molecule has 0 heterocycles. The lowest BCUT2D eigenvalue weighted by atomic mass is 10.0. The molecule has 0 atom stereocenters. The molecule has 4 nitrogen and oxygen atoms in total. The molecule has 2 aromatic carbocycles. The maximum atomic E-state index is 12.4. The number of carbonyl (C=O) groups excluding carboxylic acids is 1. The molecule has 2 rings (SSSR count). The molecule has 0 aliphatic heterocycles. The number of ether oxygens (including phenoxy) is 3. The zero-order valence-corrected chi connectivity index (χ0v) is 15.5. The van der Waals surface area contributed by atoms with Crippen molar-refractivity contribution in [2.75, 3.05) is 20.8 Å². The second-order valence-corrected chi connectivity index (χ2v) is 5.55. The summed E-state index contributed by atoms with van der Waals surface area (Å²) in [6, 6.07) is 10.9. The Balaban J connectivity index is 2.23. The lowest BCUT2D eigenvalue weighted by molar-refractivity contribution is 0.104. The summed E-state index contributed by atoms with van der Waals surface area (Å²) in [6.07, 6.45) is 5.73. The SMILES string of the molecule is C=CCc1c(OC)cc(C=CC(=O)c2ccc(OCC)cc2)cc1OC. The first-order chi connectivity index (χ1) is 12.6. The van der Waals surface area contributed by atoms with Gasteiger partial charge in [0, 0.05) is 11.1 Å². The van der Waals surface area contributed by atoms with Gasteiger partial charge in [0.1, 0.15) is 17.2 Å². The Morgan fingerprint density at radius 1 is 1.08 bits per heavy atom. The van der Waals surface area contributed by atoms with Crippen LogP contribution in [0.4, 0.5) is 0 Å². The summed E-state index contributed by atoms with van der Waals surface area (Å²) >= 11 is 0. The summed E-state index contributed by atoms with van der Waals surface area (Å²) in [7, 11) is 3.22. The minimum atomic E-state index is -0.0823. The molecule has 26 heavy (non-hydrogen) atoms. The predicted molar refractivity (Wildman–Crippen MR) is 104 cm³/mol. The van der Waals surface area contributed by atoms with Gasteiger partial charge in [-0.2, -0.15) is 0 Å². The normalized spacial score (nSPS) is 10.6. The van der Waals surface area contributed by atoms with Gasteiger partial charge in [0.15, 0.2) is 5.78 Å². The maximum Gasteiger partial charge on any atom is 0.185 e. The number of methoxy groups -OCH3 is 2. The first-order valence-corrected chi connectivity index (χ1v) is 8.44. The third-order valence-corrected chi connectivity index (χ3v) is 3.86. The van der Waals surface area contributed by atoms with E-state index in [1.165, 1.54) is 6.08 Å². The van der Waals surface area contributed by atoms with Gasteiger partial charge in [-0.05, 0) is 61.4 Å². The Morgan fingerprint density at radius 3 is 2.19 bits per heavy atom. The van der Waals surface area contributed by atoms with E-state index in [-0.39, 0.29) is 5.78 Å². The summed E-state index contributed by atoms with van der Waals surface area (Å²) in [5.74, 6) is 2.08. The first-order valence-electron chi connectivity index (χ1n) is 8.44. The van der Waals surface area contributed by atoms with Crippen molar-refractivity contribution >= 4 is 11.9 Å². The Kier molecular flexibility index (Phi) is 7.03. The molecule has 0 aromatic heterocycles. The Hall–Kier alpha value is -3.01. The van der Waals surface area contributed by atoms with Crippen LogP contribution in [0.3, 0.4) is 0 Å². The number of ketones is 1. The van der Waals surface area contributed by atoms with Crippen LogP contribution in [0.25, 0.3) is 6.08 Å². The molecule has 0 saturated heterocycles. The molecule has 0 spiro atoms. The summed E-state index contributed by atoms with van der Waals surface area (Å²) in [4.78, 5) is 12.4. The van der Waals surface area contributed by atoms with Gasteiger partial charge in [-0.25, -0.2) is 0 Å². The van der Waals surface area contributed by atoms with Gasteiger partial charge >= 0.3 is 0 Å². The van der Waals surface area contributed by atoms with Crippen LogP contribution in [-0.2, 0) is 6.42 Å². The van der Waals surface area contributed by atoms with Crippen molar-refractivity contribution in [1.82, 2.24) is 0 Å². The highest BCUT2D eigenvalue weighted by atomic mass is 16.5. The predicted octanol–water partition coefficient (Wildman–Crippen LogP) is 4.73. The van der Waals surface area contributed by atoms with E-state index in [0.29, 0.717) is 30.1 Å². The lowest BCUT2D eigenvalue weighted by Gasteiger charge is -2.13. The van der Waals surface area contributed by atoms with Gasteiger partial charge in [-0.1, -0.05) is 12.2 Å². The zero-order valence-electron chi connectivity index (χ0n) is 15.5. The van der Waals surface area contributed by atoms with Crippen molar-refractivity contribution in [2.24, 2.45) is 0 Å². The van der Waals surface area contributed by atoms with Crippen LogP contribution in [-0.4, -0.2) is 26.6 Å². The van der Waals surface area contributed by atoms with E-state index >= 15 is 0 Å². The van der Waals surface area contributed by atoms with E-state index in [4.69, 9.17) is 14.2 Å². The van der Waals surface area contributed by atoms with Gasteiger partial charge in [0.05, 0.1) is 20.8 Å². The smallest absolute Gasteiger partial charge is 0.185 e. The summed E-state index contributed by atoms with van der Waals surface area (Å²) < 4.78 is 16.3. The van der Waals surface area contributed by atoms with E-state index in [2.05, 4.69) is 6.58 Å². The average molecular weight is 352 g/mol. The molecule has 2 aromatic rings. The zero-order chi connectivity index (χ0) is 18.9. The molecule has 4 heteroatoms. The highest BCUT2D eigenvalue weighted by Gasteiger charge is 2.11. The van der Waals surface area contributed by atoms with Crippen LogP contribution in [0, 0.1) is 0 Å². The molecule has 0 amide bonds. The molecule has 136 valence electrons. The third kappa shape index (κ3) is 4.76. The van der Waals surface area contributed by atoms with Crippen LogP contribution in [0.1, 0.15) is 28.4 Å². The van der Waals surface area contributed by atoms with Crippen molar-refractivity contribution in [3.63, 3.8) is 0 Å². The molecule has 0 fully saturated rings. The van der Waals surface area contributed by atoms with Crippen molar-refractivity contribution in [1.29, 1.82) is 0 Å². The fraction of sp³-hybridized carbons (Fsp3) is 0.227. The van der Waals surface area contributed by atoms with Crippen LogP contribution >= 0.6 is 0 Å². The van der Waals surface area contributed by atoms with Crippen molar-refractivity contribution in [3.8, 4) is 17.2 Å². The van der Waals surface area contributed by atoms with Gasteiger partial charge in [0.25, 0.3) is 0 Å². The van der Waals surface area contributed by atoms with Gasteiger partial charge in [-0.15, -0.1) is 6.58 Å². The standard InChI is InChI=1S/C22H24O4/c1-5-7-19-21(24-3)14-16(15-22(19)25-4)8-13-20(23)17-9-11-18(12-10-17)26-6-2/h5,8-15H,1,6-7H2,2-4H3. The minimum Gasteiger partial charge on any atom is -0.496 e. The van der Waals surface area contributed by atoms with E-state index in [9.17, 15) is 4.79 Å². The summed E-state index contributed by atoms with van der Waals surface area (Å²) in [5.41, 5.74) is 2.36. The molecular formula is C22H24O4. The maximum absolute atomic E-state index is 12.4. The third-order valence-electron chi connectivity index (χ3n) is 3.86. The van der Waals surface area contributed by atoms with Gasteiger partial charge < -0.3 is 14.2 Å². The Morgan fingerprint density at radius 2 is 1.69 bits per heavy atom. The van der Waals surface area contributed by atoms with Crippen molar-refractivity contribution in [2.45, 2.75) is 13.3 Å². The molecule has 0 N–H and O–H groups in total. The van der Waals surface area contributed by atoms with Crippen LogP contribution in [0.15, 0.2) is 55.1 Å². The van der Waals surface area contributed by atoms with Crippen molar-refractivity contribution < 1.29 is 19.0 Å². The molecular weight excluding hydrogens is 328 g/mol. The second kappa shape index (κ2) is 9.47. The van der Waals surface area contributed by atoms with E-state index in [1.807, 2.05) is 19.1 Å². The summed E-state index contributed by atoms with van der Waals surface area (Å²) in [5, 5.41) is 0. The van der Waals surface area contributed by atoms with Crippen LogP contribution in [0.5, 0.6) is 17.2 Å². The van der Waals surface area contributed by atoms with E-state index in [0.717, 1.165) is 16.9 Å².